The SMILES string of the molecule is CCOC(=O)CNC(=O)CCC(C)N.Cl. The highest BCUT2D eigenvalue weighted by Crippen LogP contribution is 1.92. The second kappa shape index (κ2) is 9.73. The largest absolute Gasteiger partial charge is 0.465 e. The summed E-state index contributed by atoms with van der Waals surface area (Å²) in [5.74, 6) is -0.586. The lowest BCUT2D eigenvalue weighted by Gasteiger charge is -2.06. The Morgan fingerprint density at radius 1 is 1.47 bits per heavy atom. The maximum absolute atomic E-state index is 11.1. The lowest BCUT2D eigenvalue weighted by molar-refractivity contribution is -0.143. The third-order valence-electron chi connectivity index (χ3n) is 1.56. The molecule has 90 valence electrons. The predicted molar refractivity (Wildman–Crippen MR) is 59.8 cm³/mol. The number of hydrogen-bond acceptors (Lipinski definition) is 4. The van der Waals surface area contributed by atoms with Gasteiger partial charge in [-0.1, -0.05) is 0 Å². The van der Waals surface area contributed by atoms with Crippen LogP contribution >= 0.6 is 12.4 Å². The molecule has 0 radical (unpaired) electrons. The summed E-state index contributed by atoms with van der Waals surface area (Å²) in [5.41, 5.74) is 5.47. The minimum Gasteiger partial charge on any atom is -0.465 e. The van der Waals surface area contributed by atoms with E-state index in [1.807, 2.05) is 6.92 Å². The summed E-state index contributed by atoms with van der Waals surface area (Å²) in [7, 11) is 0. The molecule has 0 bridgehead atoms. The Labute approximate surface area is 96.1 Å². The zero-order valence-corrected chi connectivity index (χ0v) is 9.93. The molecule has 0 fully saturated rings. The Bertz CT molecular complexity index is 198. The van der Waals surface area contributed by atoms with Gasteiger partial charge in [-0.2, -0.15) is 0 Å². The van der Waals surface area contributed by atoms with Crippen molar-refractivity contribution in [2.45, 2.75) is 32.7 Å². The summed E-state index contributed by atoms with van der Waals surface area (Å²) in [5, 5.41) is 2.45. The summed E-state index contributed by atoms with van der Waals surface area (Å²) in [6, 6.07) is 0.00310. The number of ether oxygens (including phenoxy) is 1. The molecule has 0 saturated heterocycles. The van der Waals surface area contributed by atoms with Crippen LogP contribution in [0.1, 0.15) is 26.7 Å². The molecule has 0 spiro atoms. The molecular weight excluding hydrogens is 220 g/mol. The standard InChI is InChI=1S/C9H18N2O3.ClH/c1-3-14-9(13)6-11-8(12)5-4-7(2)10;/h7H,3-6,10H2,1-2H3,(H,11,12);1H. The van der Waals surface area contributed by atoms with Crippen molar-refractivity contribution in [3.63, 3.8) is 0 Å². The number of amides is 1. The Hall–Kier alpha value is -0.810. The average molecular weight is 239 g/mol. The molecule has 0 rings (SSSR count). The highest BCUT2D eigenvalue weighted by Gasteiger charge is 2.06. The summed E-state index contributed by atoms with van der Waals surface area (Å²) in [6.45, 7) is 3.81. The van der Waals surface area contributed by atoms with Crippen LogP contribution in [0.3, 0.4) is 0 Å². The third-order valence-corrected chi connectivity index (χ3v) is 1.56. The second-order valence-electron chi connectivity index (χ2n) is 3.10. The Kier molecular flexibility index (Phi) is 10.8. The molecule has 1 unspecified atom stereocenters. The highest BCUT2D eigenvalue weighted by atomic mass is 35.5. The van der Waals surface area contributed by atoms with Crippen molar-refractivity contribution in [2.75, 3.05) is 13.2 Å². The number of carbonyl (C=O) groups is 2. The molecule has 0 aromatic carbocycles. The van der Waals surface area contributed by atoms with Gasteiger partial charge in [-0.05, 0) is 20.3 Å². The first-order valence-corrected chi connectivity index (χ1v) is 4.74. The van der Waals surface area contributed by atoms with E-state index in [2.05, 4.69) is 10.1 Å². The van der Waals surface area contributed by atoms with E-state index in [9.17, 15) is 9.59 Å². The number of esters is 1. The van der Waals surface area contributed by atoms with Crippen LogP contribution in [0.2, 0.25) is 0 Å². The molecule has 1 atom stereocenters. The minimum atomic E-state index is -0.415. The van der Waals surface area contributed by atoms with E-state index in [0.29, 0.717) is 19.4 Å². The Morgan fingerprint density at radius 3 is 2.53 bits per heavy atom. The first-order valence-electron chi connectivity index (χ1n) is 4.74. The molecule has 0 aromatic heterocycles. The Balaban J connectivity index is 0. The minimum absolute atomic E-state index is 0. The summed E-state index contributed by atoms with van der Waals surface area (Å²) < 4.78 is 4.64. The van der Waals surface area contributed by atoms with Gasteiger partial charge in [0.25, 0.3) is 0 Å². The summed E-state index contributed by atoms with van der Waals surface area (Å²) in [4.78, 5) is 21.9. The normalized spacial score (nSPS) is 11.1. The zero-order valence-electron chi connectivity index (χ0n) is 9.12. The molecule has 5 nitrogen and oxygen atoms in total. The van der Waals surface area contributed by atoms with E-state index >= 15 is 0 Å². The molecule has 6 heteroatoms. The van der Waals surface area contributed by atoms with Crippen LogP contribution in [-0.2, 0) is 14.3 Å². The van der Waals surface area contributed by atoms with Crippen LogP contribution in [-0.4, -0.2) is 31.1 Å². The first-order chi connectivity index (χ1) is 6.56. The zero-order chi connectivity index (χ0) is 11.0. The summed E-state index contributed by atoms with van der Waals surface area (Å²) >= 11 is 0. The first kappa shape index (κ1) is 16.6. The van der Waals surface area contributed by atoms with Gasteiger partial charge in [0.2, 0.25) is 5.91 Å². The van der Waals surface area contributed by atoms with E-state index in [1.165, 1.54) is 0 Å². The molecule has 0 saturated carbocycles. The van der Waals surface area contributed by atoms with Crippen molar-refractivity contribution in [1.82, 2.24) is 5.32 Å². The van der Waals surface area contributed by atoms with Crippen LogP contribution in [0.25, 0.3) is 0 Å². The van der Waals surface area contributed by atoms with Gasteiger partial charge in [0.1, 0.15) is 6.54 Å². The number of nitrogens with two attached hydrogens (primary N) is 1. The van der Waals surface area contributed by atoms with Gasteiger partial charge in [-0.25, -0.2) is 0 Å². The number of halogens is 1. The number of nitrogens with one attached hydrogen (secondary N) is 1. The van der Waals surface area contributed by atoms with Crippen LogP contribution in [0.4, 0.5) is 0 Å². The molecule has 0 aliphatic rings. The number of hydrogen-bond donors (Lipinski definition) is 2. The van der Waals surface area contributed by atoms with E-state index in [0.717, 1.165) is 0 Å². The predicted octanol–water partition coefficient (Wildman–Crippen LogP) is 0.215. The van der Waals surface area contributed by atoms with Gasteiger partial charge >= 0.3 is 5.97 Å². The maximum Gasteiger partial charge on any atom is 0.325 e. The average Bonchev–Trinajstić information content (AvgIpc) is 2.12. The molecule has 3 N–H and O–H groups in total. The smallest absolute Gasteiger partial charge is 0.325 e. The van der Waals surface area contributed by atoms with Gasteiger partial charge in [-0.15, -0.1) is 12.4 Å². The molecule has 0 heterocycles. The Morgan fingerprint density at radius 2 is 2.07 bits per heavy atom. The van der Waals surface area contributed by atoms with Crippen LogP contribution in [0, 0.1) is 0 Å². The van der Waals surface area contributed by atoms with Crippen LogP contribution in [0.15, 0.2) is 0 Å². The lowest BCUT2D eigenvalue weighted by atomic mass is 10.2. The molecule has 0 aliphatic carbocycles. The van der Waals surface area contributed by atoms with Crippen molar-refractivity contribution >= 4 is 24.3 Å². The van der Waals surface area contributed by atoms with Crippen molar-refractivity contribution in [3.8, 4) is 0 Å². The van der Waals surface area contributed by atoms with Crippen molar-refractivity contribution in [2.24, 2.45) is 5.73 Å². The van der Waals surface area contributed by atoms with Crippen LogP contribution in [0.5, 0.6) is 0 Å². The van der Waals surface area contributed by atoms with Gasteiger partial charge in [0, 0.05) is 12.5 Å². The van der Waals surface area contributed by atoms with E-state index < -0.39 is 5.97 Å². The maximum atomic E-state index is 11.1. The van der Waals surface area contributed by atoms with Gasteiger partial charge in [0.05, 0.1) is 6.61 Å². The molecule has 0 aromatic rings. The highest BCUT2D eigenvalue weighted by molar-refractivity contribution is 5.85. The fraction of sp³-hybridized carbons (Fsp3) is 0.778. The molecule has 0 aliphatic heterocycles. The molecule has 1 amide bonds. The fourth-order valence-corrected chi connectivity index (χ4v) is 0.830. The van der Waals surface area contributed by atoms with Crippen molar-refractivity contribution < 1.29 is 14.3 Å². The van der Waals surface area contributed by atoms with Crippen molar-refractivity contribution in [3.05, 3.63) is 0 Å². The van der Waals surface area contributed by atoms with E-state index in [1.54, 1.807) is 6.92 Å². The summed E-state index contributed by atoms with van der Waals surface area (Å²) in [6.07, 6.45) is 0.964. The van der Waals surface area contributed by atoms with Gasteiger partial charge < -0.3 is 15.8 Å². The van der Waals surface area contributed by atoms with Gasteiger partial charge in [-0.3, -0.25) is 9.59 Å². The quantitative estimate of drug-likeness (QED) is 0.649. The second-order valence-corrected chi connectivity index (χ2v) is 3.10. The fourth-order valence-electron chi connectivity index (χ4n) is 0.830. The van der Waals surface area contributed by atoms with E-state index in [-0.39, 0.29) is 30.9 Å². The number of rotatable bonds is 6. The lowest BCUT2D eigenvalue weighted by Crippen LogP contribution is -2.31. The van der Waals surface area contributed by atoms with Crippen LogP contribution < -0.4 is 11.1 Å². The number of carbonyl (C=O) groups excluding carboxylic acids is 2. The molecular formula is C9H19ClN2O3. The third kappa shape index (κ3) is 11.1. The monoisotopic (exact) mass is 238 g/mol. The topological polar surface area (TPSA) is 81.4 Å². The molecule has 15 heavy (non-hydrogen) atoms. The van der Waals surface area contributed by atoms with Crippen molar-refractivity contribution in [1.29, 1.82) is 0 Å². The van der Waals surface area contributed by atoms with Gasteiger partial charge in [0.15, 0.2) is 0 Å². The van der Waals surface area contributed by atoms with E-state index in [4.69, 9.17) is 5.73 Å².